The van der Waals surface area contributed by atoms with Gasteiger partial charge in [0, 0.05) is 25.9 Å². The molecule has 0 aliphatic carbocycles. The summed E-state index contributed by atoms with van der Waals surface area (Å²) in [5.74, 6) is 0.276. The van der Waals surface area contributed by atoms with E-state index in [1.54, 1.807) is 0 Å². The zero-order valence-corrected chi connectivity index (χ0v) is 15.7. The first-order valence-corrected chi connectivity index (χ1v) is 10.4. The number of nitrogens with zero attached hydrogens (tertiary/aromatic N) is 1. The van der Waals surface area contributed by atoms with Gasteiger partial charge in [-0.1, -0.05) is 29.8 Å². The molecule has 0 atom stereocenters. The van der Waals surface area contributed by atoms with Gasteiger partial charge < -0.3 is 4.74 Å². The first kappa shape index (κ1) is 17.8. The van der Waals surface area contributed by atoms with Gasteiger partial charge in [-0.05, 0) is 42.7 Å². The molecule has 1 fully saturated rings. The van der Waals surface area contributed by atoms with Crippen LogP contribution in [0.15, 0.2) is 47.4 Å². The smallest absolute Gasteiger partial charge is 0.243 e. The third-order valence-corrected chi connectivity index (χ3v) is 7.50. The van der Waals surface area contributed by atoms with E-state index in [0.717, 1.165) is 24.7 Å². The third kappa shape index (κ3) is 3.10. The van der Waals surface area contributed by atoms with Crippen molar-refractivity contribution in [3.8, 4) is 5.75 Å². The van der Waals surface area contributed by atoms with Crippen molar-refractivity contribution >= 4 is 21.6 Å². The van der Waals surface area contributed by atoms with Crippen molar-refractivity contribution in [2.75, 3.05) is 13.1 Å². The fourth-order valence-corrected chi connectivity index (χ4v) is 5.44. The molecule has 0 radical (unpaired) electrons. The number of fused-ring (bicyclic) bond motifs is 1. The first-order valence-electron chi connectivity index (χ1n) is 8.62. The van der Waals surface area contributed by atoms with Crippen LogP contribution in [-0.4, -0.2) is 31.4 Å². The quantitative estimate of drug-likeness (QED) is 0.771. The van der Waals surface area contributed by atoms with Crippen molar-refractivity contribution in [3.63, 3.8) is 0 Å². The molecule has 2 aliphatic heterocycles. The number of piperidine rings is 1. The van der Waals surface area contributed by atoms with E-state index < -0.39 is 15.8 Å². The first-order chi connectivity index (χ1) is 12.4. The van der Waals surface area contributed by atoms with E-state index in [0.29, 0.717) is 25.9 Å². The van der Waals surface area contributed by atoms with Gasteiger partial charge in [0.05, 0.1) is 9.92 Å². The lowest BCUT2D eigenvalue weighted by atomic mass is 9.84. The zero-order valence-electron chi connectivity index (χ0n) is 14.1. The van der Waals surface area contributed by atoms with Crippen molar-refractivity contribution in [1.29, 1.82) is 0 Å². The molecule has 2 aromatic rings. The second kappa shape index (κ2) is 6.51. The molecule has 7 heteroatoms. The summed E-state index contributed by atoms with van der Waals surface area (Å²) in [4.78, 5) is 0.0229. The van der Waals surface area contributed by atoms with Crippen LogP contribution in [0.25, 0.3) is 0 Å². The molecule has 0 saturated carbocycles. The maximum atomic E-state index is 13.3. The Hall–Kier alpha value is -1.63. The minimum Gasteiger partial charge on any atom is -0.487 e. The number of ether oxygens (including phenoxy) is 1. The lowest BCUT2D eigenvalue weighted by Crippen LogP contribution is -2.51. The number of para-hydroxylation sites is 1. The fourth-order valence-electron chi connectivity index (χ4n) is 3.73. The molecular weight excluding hydrogens is 377 g/mol. The van der Waals surface area contributed by atoms with Gasteiger partial charge in [-0.25, -0.2) is 12.8 Å². The molecule has 4 nitrogen and oxygen atoms in total. The Morgan fingerprint density at radius 3 is 2.54 bits per heavy atom. The number of rotatable bonds is 2. The number of sulfonamides is 1. The number of aryl methyl sites for hydroxylation is 1. The highest BCUT2D eigenvalue weighted by Crippen LogP contribution is 2.40. The summed E-state index contributed by atoms with van der Waals surface area (Å²) in [5.41, 5.74) is 0.898. The number of halogens is 2. The second-order valence-corrected chi connectivity index (χ2v) is 9.22. The molecule has 0 amide bonds. The minimum atomic E-state index is -3.69. The Labute approximate surface area is 157 Å². The van der Waals surface area contributed by atoms with Gasteiger partial charge in [0.1, 0.15) is 17.2 Å². The molecule has 26 heavy (non-hydrogen) atoms. The fraction of sp³-hybridized carbons (Fsp3) is 0.368. The molecule has 1 saturated heterocycles. The molecular formula is C19H19ClFNO3S. The van der Waals surface area contributed by atoms with E-state index in [-0.39, 0.29) is 15.5 Å². The van der Waals surface area contributed by atoms with Gasteiger partial charge in [0.15, 0.2) is 0 Å². The van der Waals surface area contributed by atoms with Crippen LogP contribution in [0.5, 0.6) is 5.75 Å². The van der Waals surface area contributed by atoms with Gasteiger partial charge in [-0.2, -0.15) is 4.31 Å². The molecule has 2 aromatic carbocycles. The minimum absolute atomic E-state index is 0.0229. The highest BCUT2D eigenvalue weighted by Gasteiger charge is 2.42. The predicted molar refractivity (Wildman–Crippen MR) is 97.5 cm³/mol. The Kier molecular flexibility index (Phi) is 4.45. The highest BCUT2D eigenvalue weighted by molar-refractivity contribution is 7.89. The maximum absolute atomic E-state index is 13.3. The van der Waals surface area contributed by atoms with Crippen LogP contribution >= 0.6 is 11.6 Å². The van der Waals surface area contributed by atoms with E-state index in [1.165, 1.54) is 22.0 Å². The van der Waals surface area contributed by atoms with E-state index >= 15 is 0 Å². The maximum Gasteiger partial charge on any atom is 0.243 e. The molecule has 2 aliphatic rings. The van der Waals surface area contributed by atoms with Crippen LogP contribution in [0, 0.1) is 5.82 Å². The summed E-state index contributed by atoms with van der Waals surface area (Å²) >= 11 is 5.75. The lowest BCUT2D eigenvalue weighted by molar-refractivity contribution is 0.00181. The zero-order chi connectivity index (χ0) is 18.4. The monoisotopic (exact) mass is 395 g/mol. The summed E-state index contributed by atoms with van der Waals surface area (Å²) in [6.45, 7) is 0.749. The molecule has 2 heterocycles. The SMILES string of the molecule is O=S(=O)(c1ccc(F)c(Cl)c1)N1CCC2(CCc3ccccc3O2)CC1. The molecule has 4 rings (SSSR count). The molecule has 0 unspecified atom stereocenters. The van der Waals surface area contributed by atoms with Gasteiger partial charge in [0.25, 0.3) is 0 Å². The number of hydrogen-bond acceptors (Lipinski definition) is 3. The predicted octanol–water partition coefficient (Wildman–Crippen LogP) is 4.03. The van der Waals surface area contributed by atoms with E-state index in [9.17, 15) is 12.8 Å². The van der Waals surface area contributed by atoms with Crippen LogP contribution in [0.3, 0.4) is 0 Å². The van der Waals surface area contributed by atoms with Crippen molar-refractivity contribution in [3.05, 3.63) is 58.9 Å². The second-order valence-electron chi connectivity index (χ2n) is 6.87. The third-order valence-electron chi connectivity index (χ3n) is 5.31. The average molecular weight is 396 g/mol. The van der Waals surface area contributed by atoms with Gasteiger partial charge >= 0.3 is 0 Å². The summed E-state index contributed by atoms with van der Waals surface area (Å²) < 4.78 is 46.7. The van der Waals surface area contributed by atoms with E-state index in [4.69, 9.17) is 16.3 Å². The van der Waals surface area contributed by atoms with Gasteiger partial charge in [0.2, 0.25) is 10.0 Å². The number of hydrogen-bond donors (Lipinski definition) is 0. The van der Waals surface area contributed by atoms with Gasteiger partial charge in [-0.3, -0.25) is 0 Å². The Bertz CT molecular complexity index is 940. The standard InChI is InChI=1S/C19H19ClFNO3S/c20-16-13-15(5-6-17(16)21)26(23,24)22-11-9-19(10-12-22)8-7-14-3-1-2-4-18(14)25-19/h1-6,13H,7-12H2. The lowest BCUT2D eigenvalue weighted by Gasteiger charge is -2.44. The molecule has 1 spiro atoms. The van der Waals surface area contributed by atoms with E-state index in [2.05, 4.69) is 6.07 Å². The molecule has 0 aromatic heterocycles. The number of benzene rings is 2. The van der Waals surface area contributed by atoms with Crippen molar-refractivity contribution in [2.45, 2.75) is 36.2 Å². The van der Waals surface area contributed by atoms with Crippen LogP contribution in [0.2, 0.25) is 5.02 Å². The van der Waals surface area contributed by atoms with Crippen molar-refractivity contribution in [1.82, 2.24) is 4.31 Å². The van der Waals surface area contributed by atoms with Crippen LogP contribution in [0.4, 0.5) is 4.39 Å². The van der Waals surface area contributed by atoms with Crippen molar-refractivity contribution in [2.24, 2.45) is 0 Å². The summed E-state index contributed by atoms with van der Waals surface area (Å²) in [5, 5.41) is -0.188. The average Bonchev–Trinajstić information content (AvgIpc) is 2.64. The van der Waals surface area contributed by atoms with Crippen molar-refractivity contribution < 1.29 is 17.5 Å². The molecule has 138 valence electrons. The molecule has 0 bridgehead atoms. The topological polar surface area (TPSA) is 46.6 Å². The molecule has 0 N–H and O–H groups in total. The Morgan fingerprint density at radius 2 is 1.81 bits per heavy atom. The van der Waals surface area contributed by atoms with E-state index in [1.807, 2.05) is 18.2 Å². The largest absolute Gasteiger partial charge is 0.487 e. The summed E-state index contributed by atoms with van der Waals surface area (Å²) in [6, 6.07) is 11.5. The Balaban J connectivity index is 1.51. The van der Waals surface area contributed by atoms with Gasteiger partial charge in [-0.15, -0.1) is 0 Å². The highest BCUT2D eigenvalue weighted by atomic mass is 35.5. The van der Waals surface area contributed by atoms with Crippen LogP contribution < -0.4 is 4.74 Å². The van der Waals surface area contributed by atoms with Crippen LogP contribution in [0.1, 0.15) is 24.8 Å². The summed E-state index contributed by atoms with van der Waals surface area (Å²) in [6.07, 6.45) is 3.10. The Morgan fingerprint density at radius 1 is 1.08 bits per heavy atom. The van der Waals surface area contributed by atoms with Crippen LogP contribution in [-0.2, 0) is 16.4 Å². The normalized spacial score (nSPS) is 19.8. The summed E-state index contributed by atoms with van der Waals surface area (Å²) in [7, 11) is -3.69.